The second-order valence-electron chi connectivity index (χ2n) is 5.19. The molecule has 1 atom stereocenters. The van der Waals surface area contributed by atoms with E-state index in [2.05, 4.69) is 48.7 Å². The highest BCUT2D eigenvalue weighted by Crippen LogP contribution is 2.15. The summed E-state index contributed by atoms with van der Waals surface area (Å²) in [5.74, 6) is 0.964. The van der Waals surface area contributed by atoms with E-state index in [0.717, 1.165) is 25.3 Å². The van der Waals surface area contributed by atoms with E-state index in [9.17, 15) is 0 Å². The van der Waals surface area contributed by atoms with Gasteiger partial charge in [0.1, 0.15) is 5.75 Å². The van der Waals surface area contributed by atoms with Crippen LogP contribution in [-0.4, -0.2) is 19.2 Å². The zero-order valence-electron chi connectivity index (χ0n) is 11.9. The summed E-state index contributed by atoms with van der Waals surface area (Å²) in [6.07, 6.45) is 10.8. The minimum atomic E-state index is 0.540. The predicted molar refractivity (Wildman–Crippen MR) is 81.5 cm³/mol. The van der Waals surface area contributed by atoms with Gasteiger partial charge in [-0.15, -0.1) is 0 Å². The van der Waals surface area contributed by atoms with Crippen molar-refractivity contribution < 1.29 is 4.74 Å². The Morgan fingerprint density at radius 3 is 2.84 bits per heavy atom. The Hall–Kier alpha value is -1.28. The van der Waals surface area contributed by atoms with Crippen LogP contribution in [0.4, 0.5) is 0 Å². The third kappa shape index (κ3) is 5.07. The van der Waals surface area contributed by atoms with E-state index in [1.165, 1.54) is 31.2 Å². The minimum absolute atomic E-state index is 0.540. The molecule has 0 saturated carbocycles. The Bertz CT molecular complexity index is 375. The SMILES string of the molecule is CCCOc1ccc(/C=C/C2CCCCCN2)cc1. The van der Waals surface area contributed by atoms with Gasteiger partial charge in [-0.3, -0.25) is 0 Å². The van der Waals surface area contributed by atoms with Crippen molar-refractivity contribution in [2.45, 2.75) is 45.1 Å². The van der Waals surface area contributed by atoms with Gasteiger partial charge >= 0.3 is 0 Å². The summed E-state index contributed by atoms with van der Waals surface area (Å²) in [4.78, 5) is 0. The molecule has 0 amide bonds. The van der Waals surface area contributed by atoms with Crippen molar-refractivity contribution in [2.24, 2.45) is 0 Å². The highest BCUT2D eigenvalue weighted by atomic mass is 16.5. The fourth-order valence-electron chi connectivity index (χ4n) is 2.34. The van der Waals surface area contributed by atoms with E-state index in [1.807, 2.05) is 0 Å². The van der Waals surface area contributed by atoms with Gasteiger partial charge in [-0.25, -0.2) is 0 Å². The lowest BCUT2D eigenvalue weighted by Crippen LogP contribution is -2.25. The van der Waals surface area contributed by atoms with E-state index in [1.54, 1.807) is 0 Å². The molecule has 2 rings (SSSR count). The smallest absolute Gasteiger partial charge is 0.119 e. The summed E-state index contributed by atoms with van der Waals surface area (Å²) in [6.45, 7) is 4.07. The lowest BCUT2D eigenvalue weighted by molar-refractivity contribution is 0.317. The number of ether oxygens (including phenoxy) is 1. The predicted octanol–water partition coefficient (Wildman–Crippen LogP) is 4.02. The highest BCUT2D eigenvalue weighted by Gasteiger charge is 2.07. The number of hydrogen-bond donors (Lipinski definition) is 1. The van der Waals surface area contributed by atoms with Gasteiger partial charge < -0.3 is 10.1 Å². The summed E-state index contributed by atoms with van der Waals surface area (Å²) >= 11 is 0. The molecule has 1 fully saturated rings. The van der Waals surface area contributed by atoms with Crippen LogP contribution in [0.25, 0.3) is 6.08 Å². The molecule has 19 heavy (non-hydrogen) atoms. The molecule has 1 aromatic rings. The van der Waals surface area contributed by atoms with Crippen molar-refractivity contribution in [3.05, 3.63) is 35.9 Å². The molecule has 1 heterocycles. The Kier molecular flexibility index (Phi) is 5.96. The lowest BCUT2D eigenvalue weighted by Gasteiger charge is -2.10. The van der Waals surface area contributed by atoms with Crippen LogP contribution in [0.1, 0.15) is 44.6 Å². The normalized spacial score (nSPS) is 20.4. The first-order valence-corrected chi connectivity index (χ1v) is 7.53. The second-order valence-corrected chi connectivity index (χ2v) is 5.19. The topological polar surface area (TPSA) is 21.3 Å². The second kappa shape index (κ2) is 8.00. The van der Waals surface area contributed by atoms with Crippen LogP contribution in [-0.2, 0) is 0 Å². The molecule has 0 radical (unpaired) electrons. The lowest BCUT2D eigenvalue weighted by atomic mass is 10.1. The molecule has 104 valence electrons. The molecule has 1 N–H and O–H groups in total. The van der Waals surface area contributed by atoms with E-state index in [-0.39, 0.29) is 0 Å². The summed E-state index contributed by atoms with van der Waals surface area (Å²) < 4.78 is 5.58. The number of rotatable bonds is 5. The van der Waals surface area contributed by atoms with E-state index >= 15 is 0 Å². The Morgan fingerprint density at radius 2 is 2.05 bits per heavy atom. The van der Waals surface area contributed by atoms with Crippen LogP contribution in [0, 0.1) is 0 Å². The molecule has 0 spiro atoms. The molecule has 1 aromatic carbocycles. The van der Waals surface area contributed by atoms with Gasteiger partial charge in [0, 0.05) is 6.04 Å². The van der Waals surface area contributed by atoms with Gasteiger partial charge in [0.25, 0.3) is 0 Å². The zero-order valence-corrected chi connectivity index (χ0v) is 11.9. The molecule has 2 heteroatoms. The van der Waals surface area contributed by atoms with Crippen LogP contribution in [0.5, 0.6) is 5.75 Å². The fraction of sp³-hybridized carbons (Fsp3) is 0.529. The van der Waals surface area contributed by atoms with Crippen LogP contribution in [0.3, 0.4) is 0 Å². The van der Waals surface area contributed by atoms with Gasteiger partial charge in [0.2, 0.25) is 0 Å². The van der Waals surface area contributed by atoms with Crippen LogP contribution in [0.15, 0.2) is 30.3 Å². The molecular formula is C17H25NO. The first kappa shape index (κ1) is 14.1. The molecule has 2 nitrogen and oxygen atoms in total. The van der Waals surface area contributed by atoms with Crippen molar-refractivity contribution in [1.29, 1.82) is 0 Å². The van der Waals surface area contributed by atoms with E-state index in [0.29, 0.717) is 6.04 Å². The van der Waals surface area contributed by atoms with Crippen LogP contribution in [0.2, 0.25) is 0 Å². The molecule has 0 aliphatic carbocycles. The summed E-state index contributed by atoms with van der Waals surface area (Å²) in [7, 11) is 0. The molecular weight excluding hydrogens is 234 g/mol. The maximum atomic E-state index is 5.58. The standard InChI is InChI=1S/C17H25NO/c1-2-14-19-17-11-8-15(9-12-17)7-10-16-6-4-3-5-13-18-16/h7-12,16,18H,2-6,13-14H2,1H3/b10-7+. The number of benzene rings is 1. The maximum absolute atomic E-state index is 5.58. The molecule has 1 saturated heterocycles. The summed E-state index contributed by atoms with van der Waals surface area (Å²) in [5.41, 5.74) is 1.25. The molecule has 1 aliphatic rings. The first-order chi connectivity index (χ1) is 9.38. The minimum Gasteiger partial charge on any atom is -0.494 e. The monoisotopic (exact) mass is 259 g/mol. The largest absolute Gasteiger partial charge is 0.494 e. The molecule has 1 aliphatic heterocycles. The van der Waals surface area contributed by atoms with Crippen molar-refractivity contribution in [3.63, 3.8) is 0 Å². The third-order valence-electron chi connectivity index (χ3n) is 3.47. The molecule has 0 bridgehead atoms. The average Bonchev–Trinajstić information content (AvgIpc) is 2.72. The fourth-order valence-corrected chi connectivity index (χ4v) is 2.34. The van der Waals surface area contributed by atoms with Crippen LogP contribution < -0.4 is 10.1 Å². The Balaban J connectivity index is 1.87. The molecule has 0 aromatic heterocycles. The third-order valence-corrected chi connectivity index (χ3v) is 3.47. The van der Waals surface area contributed by atoms with Crippen molar-refractivity contribution in [1.82, 2.24) is 5.32 Å². The van der Waals surface area contributed by atoms with Crippen molar-refractivity contribution >= 4 is 6.08 Å². The van der Waals surface area contributed by atoms with Gasteiger partial charge in [-0.1, -0.05) is 44.1 Å². The zero-order chi connectivity index (χ0) is 13.3. The highest BCUT2D eigenvalue weighted by molar-refractivity contribution is 5.51. The Morgan fingerprint density at radius 1 is 1.21 bits per heavy atom. The van der Waals surface area contributed by atoms with Crippen molar-refractivity contribution in [3.8, 4) is 5.75 Å². The quantitative estimate of drug-likeness (QED) is 0.862. The number of hydrogen-bond acceptors (Lipinski definition) is 2. The summed E-state index contributed by atoms with van der Waals surface area (Å²) in [5, 5.41) is 3.58. The molecule has 1 unspecified atom stereocenters. The van der Waals surface area contributed by atoms with Gasteiger partial charge in [-0.2, -0.15) is 0 Å². The maximum Gasteiger partial charge on any atom is 0.119 e. The van der Waals surface area contributed by atoms with Gasteiger partial charge in [0.05, 0.1) is 6.61 Å². The van der Waals surface area contributed by atoms with E-state index < -0.39 is 0 Å². The van der Waals surface area contributed by atoms with Crippen LogP contribution >= 0.6 is 0 Å². The Labute approximate surface area is 116 Å². The van der Waals surface area contributed by atoms with Crippen molar-refractivity contribution in [2.75, 3.05) is 13.2 Å². The number of nitrogens with one attached hydrogen (secondary N) is 1. The van der Waals surface area contributed by atoms with Gasteiger partial charge in [0.15, 0.2) is 0 Å². The summed E-state index contributed by atoms with van der Waals surface area (Å²) in [6, 6.07) is 8.89. The average molecular weight is 259 g/mol. The van der Waals surface area contributed by atoms with Gasteiger partial charge in [-0.05, 0) is 43.5 Å². The van der Waals surface area contributed by atoms with E-state index in [4.69, 9.17) is 4.74 Å². The first-order valence-electron chi connectivity index (χ1n) is 7.53.